The monoisotopic (exact) mass is 258 g/mol. The molecule has 2 aliphatic heterocycles. The van der Waals surface area contributed by atoms with E-state index in [1.165, 1.54) is 69.7 Å². The number of hydrogen-bond acceptors (Lipinski definition) is 2. The van der Waals surface area contributed by atoms with Crippen molar-refractivity contribution in [1.29, 1.82) is 0 Å². The maximum absolute atomic E-state index is 2.69. The SMILES string of the molecule is Cc1ccccc1N1CC[C@@H](CN2CCCCC2)C1. The van der Waals surface area contributed by atoms with Crippen LogP contribution in [0.25, 0.3) is 0 Å². The topological polar surface area (TPSA) is 6.48 Å². The average Bonchev–Trinajstić information content (AvgIpc) is 2.89. The molecule has 1 aromatic carbocycles. The number of aryl methyl sites for hydroxylation is 1. The summed E-state index contributed by atoms with van der Waals surface area (Å²) in [7, 11) is 0. The molecule has 2 saturated heterocycles. The number of piperidine rings is 1. The van der Waals surface area contributed by atoms with Gasteiger partial charge in [0.1, 0.15) is 0 Å². The molecule has 0 aromatic heterocycles. The predicted octanol–water partition coefficient (Wildman–Crippen LogP) is 3.31. The van der Waals surface area contributed by atoms with Crippen molar-refractivity contribution in [3.63, 3.8) is 0 Å². The summed E-state index contributed by atoms with van der Waals surface area (Å²) in [6.07, 6.45) is 5.63. The van der Waals surface area contributed by atoms with Gasteiger partial charge in [-0.25, -0.2) is 0 Å². The lowest BCUT2D eigenvalue weighted by Gasteiger charge is -2.29. The van der Waals surface area contributed by atoms with Gasteiger partial charge >= 0.3 is 0 Å². The van der Waals surface area contributed by atoms with Gasteiger partial charge in [0.15, 0.2) is 0 Å². The molecule has 3 rings (SSSR count). The van der Waals surface area contributed by atoms with Crippen LogP contribution in [0.15, 0.2) is 24.3 Å². The van der Waals surface area contributed by atoms with Crippen LogP contribution in [0, 0.1) is 12.8 Å². The van der Waals surface area contributed by atoms with Crippen LogP contribution in [0.2, 0.25) is 0 Å². The second kappa shape index (κ2) is 5.96. The van der Waals surface area contributed by atoms with Gasteiger partial charge in [-0.3, -0.25) is 0 Å². The van der Waals surface area contributed by atoms with Crippen molar-refractivity contribution in [2.45, 2.75) is 32.6 Å². The van der Waals surface area contributed by atoms with Crippen molar-refractivity contribution >= 4 is 5.69 Å². The van der Waals surface area contributed by atoms with Crippen molar-refractivity contribution in [3.05, 3.63) is 29.8 Å². The van der Waals surface area contributed by atoms with Gasteiger partial charge < -0.3 is 9.80 Å². The fourth-order valence-electron chi connectivity index (χ4n) is 3.63. The molecule has 0 unspecified atom stereocenters. The number of benzene rings is 1. The highest BCUT2D eigenvalue weighted by molar-refractivity contribution is 5.53. The van der Waals surface area contributed by atoms with Crippen LogP contribution >= 0.6 is 0 Å². The Kier molecular flexibility index (Phi) is 4.07. The van der Waals surface area contributed by atoms with Gasteiger partial charge in [-0.2, -0.15) is 0 Å². The third-order valence-electron chi connectivity index (χ3n) is 4.71. The molecule has 0 N–H and O–H groups in total. The Hall–Kier alpha value is -1.02. The summed E-state index contributed by atoms with van der Waals surface area (Å²) in [5, 5.41) is 0. The highest BCUT2D eigenvalue weighted by atomic mass is 15.2. The third-order valence-corrected chi connectivity index (χ3v) is 4.71. The van der Waals surface area contributed by atoms with E-state index >= 15 is 0 Å². The van der Waals surface area contributed by atoms with E-state index < -0.39 is 0 Å². The first kappa shape index (κ1) is 13.0. The minimum absolute atomic E-state index is 0.873. The van der Waals surface area contributed by atoms with Gasteiger partial charge in [-0.1, -0.05) is 24.6 Å². The summed E-state index contributed by atoms with van der Waals surface area (Å²) < 4.78 is 0. The van der Waals surface area contributed by atoms with Gasteiger partial charge in [0.05, 0.1) is 0 Å². The van der Waals surface area contributed by atoms with Gasteiger partial charge in [0.25, 0.3) is 0 Å². The molecule has 1 aromatic rings. The molecule has 0 spiro atoms. The van der Waals surface area contributed by atoms with E-state index in [0.29, 0.717) is 0 Å². The standard InChI is InChI=1S/C17H26N2/c1-15-7-3-4-8-17(15)19-12-9-16(14-19)13-18-10-5-2-6-11-18/h3-4,7-8,16H,2,5-6,9-14H2,1H3/t16-/m0/s1. The highest BCUT2D eigenvalue weighted by Crippen LogP contribution is 2.27. The van der Waals surface area contributed by atoms with Crippen LogP contribution in [0.5, 0.6) is 0 Å². The second-order valence-corrected chi connectivity index (χ2v) is 6.25. The normalized spacial score (nSPS) is 24.9. The molecular formula is C17H26N2. The number of para-hydroxylation sites is 1. The molecule has 19 heavy (non-hydrogen) atoms. The molecule has 0 amide bonds. The Bertz CT molecular complexity index is 409. The third kappa shape index (κ3) is 3.11. The lowest BCUT2D eigenvalue weighted by atomic mass is 10.1. The Morgan fingerprint density at radius 2 is 1.84 bits per heavy atom. The first-order chi connectivity index (χ1) is 9.33. The molecule has 0 radical (unpaired) electrons. The first-order valence-electron chi connectivity index (χ1n) is 7.86. The zero-order valence-electron chi connectivity index (χ0n) is 12.1. The molecule has 2 nitrogen and oxygen atoms in total. The predicted molar refractivity (Wildman–Crippen MR) is 81.8 cm³/mol. The van der Waals surface area contributed by atoms with E-state index in [1.54, 1.807) is 0 Å². The fraction of sp³-hybridized carbons (Fsp3) is 0.647. The van der Waals surface area contributed by atoms with Crippen LogP contribution in [0.3, 0.4) is 0 Å². The molecule has 104 valence electrons. The molecular weight excluding hydrogens is 232 g/mol. The first-order valence-corrected chi connectivity index (χ1v) is 7.86. The van der Waals surface area contributed by atoms with Gasteiger partial charge in [-0.05, 0) is 56.8 Å². The second-order valence-electron chi connectivity index (χ2n) is 6.25. The largest absolute Gasteiger partial charge is 0.371 e. The summed E-state index contributed by atoms with van der Waals surface area (Å²) in [5.74, 6) is 0.873. The van der Waals surface area contributed by atoms with Crippen LogP contribution in [-0.2, 0) is 0 Å². The fourth-order valence-corrected chi connectivity index (χ4v) is 3.63. The Morgan fingerprint density at radius 3 is 2.63 bits per heavy atom. The lowest BCUT2D eigenvalue weighted by molar-refractivity contribution is 0.201. The van der Waals surface area contributed by atoms with Crippen LogP contribution in [0.4, 0.5) is 5.69 Å². The minimum Gasteiger partial charge on any atom is -0.371 e. The van der Waals surface area contributed by atoms with E-state index in [-0.39, 0.29) is 0 Å². The Morgan fingerprint density at radius 1 is 1.05 bits per heavy atom. The molecule has 2 aliphatic rings. The van der Waals surface area contributed by atoms with Gasteiger partial charge in [0, 0.05) is 25.3 Å². The van der Waals surface area contributed by atoms with E-state index in [1.807, 2.05) is 0 Å². The summed E-state index contributed by atoms with van der Waals surface area (Å²) in [4.78, 5) is 5.28. The van der Waals surface area contributed by atoms with Gasteiger partial charge in [0.2, 0.25) is 0 Å². The molecule has 0 bridgehead atoms. The molecule has 2 heterocycles. The van der Waals surface area contributed by atoms with Crippen molar-refractivity contribution in [2.75, 3.05) is 37.6 Å². The van der Waals surface area contributed by atoms with Crippen molar-refractivity contribution in [2.24, 2.45) is 5.92 Å². The van der Waals surface area contributed by atoms with Crippen molar-refractivity contribution in [3.8, 4) is 0 Å². The van der Waals surface area contributed by atoms with E-state index in [0.717, 1.165) is 5.92 Å². The summed E-state index contributed by atoms with van der Waals surface area (Å²) in [6, 6.07) is 8.81. The van der Waals surface area contributed by atoms with Crippen LogP contribution in [-0.4, -0.2) is 37.6 Å². The number of likely N-dealkylation sites (tertiary alicyclic amines) is 1. The summed E-state index contributed by atoms with van der Waals surface area (Å²) in [6.45, 7) is 8.71. The molecule has 2 heteroatoms. The van der Waals surface area contributed by atoms with E-state index in [4.69, 9.17) is 0 Å². The summed E-state index contributed by atoms with van der Waals surface area (Å²) in [5.41, 5.74) is 2.87. The molecule has 0 aliphatic carbocycles. The minimum atomic E-state index is 0.873. The highest BCUT2D eigenvalue weighted by Gasteiger charge is 2.25. The van der Waals surface area contributed by atoms with Crippen molar-refractivity contribution in [1.82, 2.24) is 4.90 Å². The number of hydrogen-bond donors (Lipinski definition) is 0. The maximum atomic E-state index is 2.69. The van der Waals surface area contributed by atoms with Crippen LogP contribution in [0.1, 0.15) is 31.2 Å². The molecule has 1 atom stereocenters. The van der Waals surface area contributed by atoms with Crippen molar-refractivity contribution < 1.29 is 0 Å². The number of anilines is 1. The Balaban J connectivity index is 1.56. The zero-order valence-corrected chi connectivity index (χ0v) is 12.1. The van der Waals surface area contributed by atoms with E-state index in [9.17, 15) is 0 Å². The summed E-state index contributed by atoms with van der Waals surface area (Å²) >= 11 is 0. The number of rotatable bonds is 3. The Labute approximate surface area is 117 Å². The smallest absolute Gasteiger partial charge is 0.0396 e. The quantitative estimate of drug-likeness (QED) is 0.820. The van der Waals surface area contributed by atoms with Crippen LogP contribution < -0.4 is 4.90 Å². The average molecular weight is 258 g/mol. The zero-order chi connectivity index (χ0) is 13.1. The van der Waals surface area contributed by atoms with Gasteiger partial charge in [-0.15, -0.1) is 0 Å². The number of nitrogens with zero attached hydrogens (tertiary/aromatic N) is 2. The molecule has 2 fully saturated rings. The van der Waals surface area contributed by atoms with E-state index in [2.05, 4.69) is 41.0 Å². The maximum Gasteiger partial charge on any atom is 0.0396 e. The molecule has 0 saturated carbocycles. The lowest BCUT2D eigenvalue weighted by Crippen LogP contribution is -2.35.